The van der Waals surface area contributed by atoms with Crippen LogP contribution in [0.2, 0.25) is 0 Å². The number of likely N-dealkylation sites (N-methyl/N-ethyl adjacent to an activating group) is 1. The number of sulfone groups is 1. The molecule has 1 aliphatic rings. The lowest BCUT2D eigenvalue weighted by molar-refractivity contribution is -0.122. The summed E-state index contributed by atoms with van der Waals surface area (Å²) in [5.41, 5.74) is 0. The van der Waals surface area contributed by atoms with Gasteiger partial charge >= 0.3 is 0 Å². The van der Waals surface area contributed by atoms with Crippen LogP contribution in [0.4, 0.5) is 0 Å². The number of amides is 1. The van der Waals surface area contributed by atoms with Gasteiger partial charge in [0.1, 0.15) is 0 Å². The lowest BCUT2D eigenvalue weighted by atomic mass is 10.4. The molecule has 5 nitrogen and oxygen atoms in total. The molecule has 1 amide bonds. The van der Waals surface area contributed by atoms with Gasteiger partial charge < -0.3 is 5.32 Å². The number of hydrogen-bond acceptors (Lipinski definition) is 4. The van der Waals surface area contributed by atoms with Crippen molar-refractivity contribution in [2.24, 2.45) is 0 Å². The predicted octanol–water partition coefficient (Wildman–Crippen LogP) is 1.43. The molecule has 7 heteroatoms. The molecule has 1 N–H and O–H groups in total. The van der Waals surface area contributed by atoms with E-state index >= 15 is 0 Å². The minimum absolute atomic E-state index is 0.00183. The van der Waals surface area contributed by atoms with E-state index in [2.05, 4.69) is 21.2 Å². The third-order valence-corrected chi connectivity index (χ3v) is 5.51. The Morgan fingerprint density at radius 2 is 1.95 bits per heavy atom. The van der Waals surface area contributed by atoms with Gasteiger partial charge in [-0.3, -0.25) is 9.69 Å². The largest absolute Gasteiger partial charge is 0.352 e. The fraction of sp³-hybridized carbons (Fsp3) is 0.500. The normalized spacial score (nSPS) is 15.2. The molecular formula is C14H19BrN2O3S. The van der Waals surface area contributed by atoms with E-state index in [0.717, 1.165) is 17.3 Å². The highest BCUT2D eigenvalue weighted by Gasteiger charge is 2.23. The third kappa shape index (κ3) is 5.41. The van der Waals surface area contributed by atoms with Gasteiger partial charge in [-0.25, -0.2) is 8.42 Å². The SMILES string of the molecule is CN(CCS(=O)(=O)c1ccc(Br)cc1)CC(=O)NC1CC1. The minimum atomic E-state index is -3.31. The molecule has 21 heavy (non-hydrogen) atoms. The first-order valence-corrected chi connectivity index (χ1v) is 9.27. The van der Waals surface area contributed by atoms with Crippen LogP contribution in [0.5, 0.6) is 0 Å². The summed E-state index contributed by atoms with van der Waals surface area (Å²) in [5.74, 6) is -0.0389. The molecule has 0 unspecified atom stereocenters. The molecule has 0 heterocycles. The van der Waals surface area contributed by atoms with Crippen molar-refractivity contribution in [1.82, 2.24) is 10.2 Å². The van der Waals surface area contributed by atoms with E-state index < -0.39 is 9.84 Å². The van der Waals surface area contributed by atoms with Gasteiger partial charge in [-0.15, -0.1) is 0 Å². The van der Waals surface area contributed by atoms with Gasteiger partial charge in [0.2, 0.25) is 5.91 Å². The standard InChI is InChI=1S/C14H19BrN2O3S/c1-17(10-14(18)16-12-4-5-12)8-9-21(19,20)13-6-2-11(15)3-7-13/h2-3,6-7,12H,4-5,8-10H2,1H3,(H,16,18). The smallest absolute Gasteiger partial charge is 0.234 e. The Labute approximate surface area is 133 Å². The van der Waals surface area contributed by atoms with Crippen molar-refractivity contribution >= 4 is 31.7 Å². The molecule has 1 fully saturated rings. The van der Waals surface area contributed by atoms with E-state index in [4.69, 9.17) is 0 Å². The molecule has 2 rings (SSSR count). The minimum Gasteiger partial charge on any atom is -0.352 e. The van der Waals surface area contributed by atoms with Crippen LogP contribution >= 0.6 is 15.9 Å². The first-order valence-electron chi connectivity index (χ1n) is 6.83. The second-order valence-corrected chi connectivity index (χ2v) is 8.38. The molecule has 0 atom stereocenters. The van der Waals surface area contributed by atoms with Crippen molar-refractivity contribution in [3.05, 3.63) is 28.7 Å². The Hall–Kier alpha value is -0.920. The maximum absolute atomic E-state index is 12.2. The lowest BCUT2D eigenvalue weighted by Crippen LogP contribution is -2.38. The molecule has 1 aromatic rings. The quantitative estimate of drug-likeness (QED) is 0.783. The summed E-state index contributed by atoms with van der Waals surface area (Å²) in [4.78, 5) is 13.7. The average Bonchev–Trinajstić information content (AvgIpc) is 3.21. The predicted molar refractivity (Wildman–Crippen MR) is 84.9 cm³/mol. The van der Waals surface area contributed by atoms with Crippen molar-refractivity contribution in [2.75, 3.05) is 25.9 Å². The molecule has 1 aliphatic carbocycles. The monoisotopic (exact) mass is 374 g/mol. The van der Waals surface area contributed by atoms with Crippen molar-refractivity contribution in [3.8, 4) is 0 Å². The zero-order valence-corrected chi connectivity index (χ0v) is 14.3. The second-order valence-electron chi connectivity index (χ2n) is 5.35. The van der Waals surface area contributed by atoms with Crippen LogP contribution < -0.4 is 5.32 Å². The van der Waals surface area contributed by atoms with E-state index in [1.165, 1.54) is 0 Å². The van der Waals surface area contributed by atoms with Crippen molar-refractivity contribution < 1.29 is 13.2 Å². The number of nitrogens with zero attached hydrogens (tertiary/aromatic N) is 1. The molecule has 1 saturated carbocycles. The summed E-state index contributed by atoms with van der Waals surface area (Å²) in [6.07, 6.45) is 2.10. The first kappa shape index (κ1) is 16.5. The van der Waals surface area contributed by atoms with Crippen LogP contribution in [0.3, 0.4) is 0 Å². The van der Waals surface area contributed by atoms with E-state index in [1.54, 1.807) is 36.2 Å². The van der Waals surface area contributed by atoms with Crippen LogP contribution in [0.15, 0.2) is 33.6 Å². The number of carbonyl (C=O) groups excluding carboxylic acids is 1. The van der Waals surface area contributed by atoms with E-state index in [-0.39, 0.29) is 18.2 Å². The zero-order chi connectivity index (χ0) is 15.5. The lowest BCUT2D eigenvalue weighted by Gasteiger charge is -2.16. The molecule has 0 radical (unpaired) electrons. The number of benzene rings is 1. The number of rotatable bonds is 7. The molecule has 0 aliphatic heterocycles. The van der Waals surface area contributed by atoms with Gasteiger partial charge in [0, 0.05) is 17.1 Å². The summed E-state index contributed by atoms with van der Waals surface area (Å²) in [6.45, 7) is 0.558. The van der Waals surface area contributed by atoms with Gasteiger partial charge in [-0.05, 0) is 44.2 Å². The van der Waals surface area contributed by atoms with Crippen LogP contribution in [-0.4, -0.2) is 51.2 Å². The molecule has 0 aromatic heterocycles. The van der Waals surface area contributed by atoms with E-state index in [9.17, 15) is 13.2 Å². The van der Waals surface area contributed by atoms with Crippen molar-refractivity contribution in [2.45, 2.75) is 23.8 Å². The maximum Gasteiger partial charge on any atom is 0.234 e. The Morgan fingerprint density at radius 1 is 1.33 bits per heavy atom. The Morgan fingerprint density at radius 3 is 2.52 bits per heavy atom. The molecule has 116 valence electrons. The summed E-state index contributed by atoms with van der Waals surface area (Å²) < 4.78 is 25.2. The van der Waals surface area contributed by atoms with Gasteiger partial charge in [0.25, 0.3) is 0 Å². The van der Waals surface area contributed by atoms with Gasteiger partial charge in [-0.1, -0.05) is 15.9 Å². The Kier molecular flexibility index (Phi) is 5.40. The zero-order valence-electron chi connectivity index (χ0n) is 11.9. The summed E-state index contributed by atoms with van der Waals surface area (Å²) >= 11 is 3.28. The highest BCUT2D eigenvalue weighted by atomic mass is 79.9. The van der Waals surface area contributed by atoms with Crippen molar-refractivity contribution in [1.29, 1.82) is 0 Å². The highest BCUT2D eigenvalue weighted by Crippen LogP contribution is 2.18. The second kappa shape index (κ2) is 6.89. The molecule has 0 bridgehead atoms. The number of hydrogen-bond donors (Lipinski definition) is 1. The first-order chi connectivity index (χ1) is 9.87. The van der Waals surface area contributed by atoms with Gasteiger partial charge in [0.15, 0.2) is 9.84 Å². The Balaban J connectivity index is 1.82. The van der Waals surface area contributed by atoms with E-state index in [1.807, 2.05) is 0 Å². The van der Waals surface area contributed by atoms with Crippen LogP contribution in [0.1, 0.15) is 12.8 Å². The van der Waals surface area contributed by atoms with E-state index in [0.29, 0.717) is 17.5 Å². The van der Waals surface area contributed by atoms with Crippen LogP contribution in [0, 0.1) is 0 Å². The average molecular weight is 375 g/mol. The van der Waals surface area contributed by atoms with Crippen LogP contribution in [-0.2, 0) is 14.6 Å². The topological polar surface area (TPSA) is 66.5 Å². The molecule has 0 spiro atoms. The van der Waals surface area contributed by atoms with Gasteiger partial charge in [-0.2, -0.15) is 0 Å². The van der Waals surface area contributed by atoms with Crippen molar-refractivity contribution in [3.63, 3.8) is 0 Å². The third-order valence-electron chi connectivity index (χ3n) is 3.27. The number of carbonyl (C=O) groups is 1. The highest BCUT2D eigenvalue weighted by molar-refractivity contribution is 9.10. The summed E-state index contributed by atoms with van der Waals surface area (Å²) in [7, 11) is -1.56. The number of nitrogens with one attached hydrogen (secondary N) is 1. The maximum atomic E-state index is 12.2. The van der Waals surface area contributed by atoms with Gasteiger partial charge in [0.05, 0.1) is 17.2 Å². The fourth-order valence-corrected chi connectivity index (χ4v) is 3.46. The molecular weight excluding hydrogens is 356 g/mol. The number of halogens is 1. The fourth-order valence-electron chi connectivity index (χ4n) is 1.86. The van der Waals surface area contributed by atoms with Crippen LogP contribution in [0.25, 0.3) is 0 Å². The summed E-state index contributed by atoms with van der Waals surface area (Å²) in [5, 5.41) is 2.88. The molecule has 1 aromatic carbocycles. The summed E-state index contributed by atoms with van der Waals surface area (Å²) in [6, 6.07) is 6.91. The molecule has 0 saturated heterocycles. The Bertz CT molecular complexity index is 597.